The summed E-state index contributed by atoms with van der Waals surface area (Å²) >= 11 is 0. The molecule has 0 bridgehead atoms. The lowest BCUT2D eigenvalue weighted by atomic mass is 9.99. The summed E-state index contributed by atoms with van der Waals surface area (Å²) in [5.74, 6) is -26.1. The molecular formula is C80H133N21O27. The third-order valence-corrected chi connectivity index (χ3v) is 19.7. The summed E-state index contributed by atoms with van der Waals surface area (Å²) < 4.78 is 0. The van der Waals surface area contributed by atoms with E-state index in [4.69, 9.17) is 34.4 Å². The van der Waals surface area contributed by atoms with Gasteiger partial charge in [0, 0.05) is 25.7 Å². The van der Waals surface area contributed by atoms with Gasteiger partial charge in [-0.25, -0.2) is 4.79 Å². The zero-order chi connectivity index (χ0) is 97.2. The van der Waals surface area contributed by atoms with E-state index in [0.717, 1.165) is 20.8 Å². The number of nitrogens with one attached hydrogen (secondary N) is 15. The summed E-state index contributed by atoms with van der Waals surface area (Å²) in [5, 5.41) is 94.7. The van der Waals surface area contributed by atoms with Crippen LogP contribution in [0.4, 0.5) is 0 Å². The largest absolute Gasteiger partial charge is 0.481 e. The molecule has 0 aliphatic carbocycles. The number of hydrogen-bond donors (Lipinski definition) is 27. The van der Waals surface area contributed by atoms with Gasteiger partial charge < -0.3 is 145 Å². The van der Waals surface area contributed by atoms with Gasteiger partial charge in [-0.15, -0.1) is 0 Å². The highest BCUT2D eigenvalue weighted by Crippen LogP contribution is 2.16. The molecule has 0 fully saturated rings. The van der Waals surface area contributed by atoms with Gasteiger partial charge in [-0.3, -0.25) is 95.9 Å². The van der Waals surface area contributed by atoms with Gasteiger partial charge in [0.2, 0.25) is 94.5 Å². The standard InChI is InChI=1S/C80H133N21O27/c1-40(2)36-54(75(122)94-51(25-15-19-35-84)74(121)101-64(45(8)102)80(127)128)96-71(118)49(23-13-17-33-82)92-70(117)50(24-14-18-34-83)95-79(126)63(41(3)4)100-78(125)57(39-62(110)111)98-73(120)53(28-31-60(106)107)90-66(113)43(6)87-65(112)42(5)89-69(116)48(22-12-16-32-81)93-77(124)56(38-61(108)109)99-76(123)55(37-46-20-10-9-11-21-46)97-72(119)52(27-30-59(104)105)91-67(114)44(7)88-68(115)47(85)26-29-58(86)103/h9-11,20-21,40-45,47-57,63-64,102H,12-19,22-39,81-85H2,1-8H3,(H2,86,103)(H,87,112)(H,88,115)(H,89,116)(H,90,113)(H,91,114)(H,92,117)(H,93,124)(H,94,122)(H,95,126)(H,96,118)(H,97,119)(H,98,120)(H,99,123)(H,100,125)(H,101,121)(H,104,105)(H,106,107)(H,108,109)(H,110,111)(H,127,128)/t42-,43-,44-,45+,47-,48-,49-,50-,51-,52-,53-,54-,55-,56-,57-,63-,64-/m0/s1. The van der Waals surface area contributed by atoms with E-state index >= 15 is 0 Å². The Morgan fingerprint density at radius 1 is 0.305 bits per heavy atom. The van der Waals surface area contributed by atoms with Crippen LogP contribution in [0.25, 0.3) is 0 Å². The van der Waals surface area contributed by atoms with Gasteiger partial charge in [-0.2, -0.15) is 0 Å². The number of carboxylic acid groups (broad SMARTS) is 5. The molecule has 0 spiro atoms. The van der Waals surface area contributed by atoms with Crippen molar-refractivity contribution in [1.29, 1.82) is 0 Å². The van der Waals surface area contributed by atoms with E-state index in [1.165, 1.54) is 32.9 Å². The number of aliphatic hydroxyl groups is 1. The molecular weight excluding hydrogens is 1690 g/mol. The smallest absolute Gasteiger partial charge is 0.328 e. The molecule has 17 atom stereocenters. The van der Waals surface area contributed by atoms with E-state index in [1.807, 2.05) is 0 Å². The average Bonchev–Trinajstić information content (AvgIpc) is 0.879. The molecule has 128 heavy (non-hydrogen) atoms. The Labute approximate surface area is 740 Å². The molecule has 16 amide bonds. The van der Waals surface area contributed by atoms with E-state index < -0.39 is 272 Å². The van der Waals surface area contributed by atoms with E-state index in [-0.39, 0.29) is 109 Å². The quantitative estimate of drug-likeness (QED) is 0.0269. The molecule has 0 aliphatic heterocycles. The van der Waals surface area contributed by atoms with Crippen molar-refractivity contribution in [3.8, 4) is 0 Å². The lowest BCUT2D eigenvalue weighted by Crippen LogP contribution is -2.61. The molecule has 1 rings (SSSR count). The first-order valence-corrected chi connectivity index (χ1v) is 42.3. The second-order valence-corrected chi connectivity index (χ2v) is 31.7. The molecule has 1 aromatic rings. The number of carbonyl (C=O) groups is 21. The SMILES string of the molecule is CC(C)C[C@H](NC(=O)[C@H](CCCCN)NC(=O)[C@H](CCCCN)NC(=O)[C@@H](NC(=O)[C@H](CC(=O)O)NC(=O)[C@H](CCC(=O)O)NC(=O)[C@H](C)NC(=O)[C@H](C)NC(=O)[C@H](CCCCN)NC(=O)[C@H](CC(=O)O)NC(=O)[C@H](Cc1ccccc1)NC(=O)[C@H](CCC(=O)O)NC(=O)[C@H](C)NC(=O)[C@@H](N)CCC(N)=O)C(C)C)C(=O)N[C@@H](CCCCN)C(=O)N[C@H](C(=O)O)[C@@H](C)O. The molecule has 48 heteroatoms. The van der Waals surface area contributed by atoms with Crippen LogP contribution in [0.2, 0.25) is 0 Å². The highest BCUT2D eigenvalue weighted by atomic mass is 16.4. The summed E-state index contributed by atoms with van der Waals surface area (Å²) in [6.07, 6.45) is -5.99. The highest BCUT2D eigenvalue weighted by molar-refractivity contribution is 6.02. The fourth-order valence-corrected chi connectivity index (χ4v) is 12.4. The first-order chi connectivity index (χ1) is 60.1. The Morgan fingerprint density at radius 3 is 0.945 bits per heavy atom. The Morgan fingerprint density at radius 2 is 0.594 bits per heavy atom. The number of benzene rings is 1. The number of rotatable bonds is 66. The van der Waals surface area contributed by atoms with E-state index in [2.05, 4.69) is 79.8 Å². The van der Waals surface area contributed by atoms with Crippen LogP contribution in [0.3, 0.4) is 0 Å². The van der Waals surface area contributed by atoms with Crippen molar-refractivity contribution >= 4 is 124 Å². The number of nitrogens with two attached hydrogens (primary N) is 6. The topological polar surface area (TPSA) is 816 Å². The minimum absolute atomic E-state index is 0.0215. The summed E-state index contributed by atoms with van der Waals surface area (Å²) in [6, 6.07) is -18.4. The molecule has 0 saturated heterocycles. The van der Waals surface area contributed by atoms with Gasteiger partial charge in [0.1, 0.15) is 84.6 Å². The highest BCUT2D eigenvalue weighted by Gasteiger charge is 2.40. The van der Waals surface area contributed by atoms with Gasteiger partial charge in [0.25, 0.3) is 0 Å². The lowest BCUT2D eigenvalue weighted by molar-refractivity contribution is -0.145. The van der Waals surface area contributed by atoms with E-state index in [1.54, 1.807) is 32.0 Å². The third-order valence-electron chi connectivity index (χ3n) is 19.7. The summed E-state index contributed by atoms with van der Waals surface area (Å²) in [4.78, 5) is 282. The summed E-state index contributed by atoms with van der Waals surface area (Å²) in [5.41, 5.74) is 34.3. The van der Waals surface area contributed by atoms with Crippen LogP contribution in [-0.4, -0.2) is 284 Å². The molecule has 0 aromatic heterocycles. The second kappa shape index (κ2) is 60.5. The molecule has 720 valence electrons. The van der Waals surface area contributed by atoms with Crippen LogP contribution in [0, 0.1) is 11.8 Å². The van der Waals surface area contributed by atoms with Gasteiger partial charge in [-0.05, 0) is 174 Å². The third kappa shape index (κ3) is 45.3. The number of carbonyl (C=O) groups excluding carboxylic acids is 16. The van der Waals surface area contributed by atoms with Crippen LogP contribution in [0.5, 0.6) is 0 Å². The van der Waals surface area contributed by atoms with Crippen molar-refractivity contribution in [2.75, 3.05) is 26.2 Å². The summed E-state index contributed by atoms with van der Waals surface area (Å²) in [7, 11) is 0. The number of aliphatic carboxylic acids is 5. The molecule has 0 heterocycles. The predicted molar refractivity (Wildman–Crippen MR) is 456 cm³/mol. The Kier molecular flexibility index (Phi) is 53.8. The number of unbranched alkanes of at least 4 members (excludes halogenated alkanes) is 4. The minimum atomic E-state index is -2.10. The molecule has 1 aromatic carbocycles. The van der Waals surface area contributed by atoms with E-state index in [9.17, 15) is 131 Å². The van der Waals surface area contributed by atoms with Crippen LogP contribution >= 0.6 is 0 Å². The van der Waals surface area contributed by atoms with Crippen molar-refractivity contribution in [2.24, 2.45) is 46.2 Å². The molecule has 0 saturated carbocycles. The normalized spacial score (nSPS) is 15.1. The van der Waals surface area contributed by atoms with Gasteiger partial charge in [-0.1, -0.05) is 58.0 Å². The zero-order valence-corrected chi connectivity index (χ0v) is 73.5. The maximum absolute atomic E-state index is 14.5. The molecule has 48 nitrogen and oxygen atoms in total. The fraction of sp³-hybridized carbons (Fsp3) is 0.662. The Bertz CT molecular complexity index is 3900. The van der Waals surface area contributed by atoms with Gasteiger partial charge in [0.05, 0.1) is 25.0 Å². The number of primary amides is 1. The van der Waals surface area contributed by atoms with Crippen LogP contribution < -0.4 is 114 Å². The van der Waals surface area contributed by atoms with Gasteiger partial charge in [0.15, 0.2) is 6.04 Å². The first kappa shape index (κ1) is 114. The fourth-order valence-electron chi connectivity index (χ4n) is 12.4. The first-order valence-electron chi connectivity index (χ1n) is 42.3. The second-order valence-electron chi connectivity index (χ2n) is 31.7. The minimum Gasteiger partial charge on any atom is -0.481 e. The Hall–Kier alpha value is -12.1. The maximum Gasteiger partial charge on any atom is 0.328 e. The maximum atomic E-state index is 14.5. The van der Waals surface area contributed by atoms with Crippen molar-refractivity contribution in [3.63, 3.8) is 0 Å². The van der Waals surface area contributed by atoms with Crippen LogP contribution in [0.15, 0.2) is 30.3 Å². The number of carboxylic acids is 5. The number of amides is 16. The van der Waals surface area contributed by atoms with Gasteiger partial charge >= 0.3 is 29.8 Å². The average molecular weight is 1820 g/mol. The van der Waals surface area contributed by atoms with Crippen molar-refractivity contribution in [1.82, 2.24) is 79.8 Å². The van der Waals surface area contributed by atoms with Crippen LogP contribution in [0.1, 0.15) is 196 Å². The summed E-state index contributed by atoms with van der Waals surface area (Å²) in [6.45, 7) is 11.5. The Balaban J connectivity index is 3.59. The molecule has 33 N–H and O–H groups in total. The number of aliphatic hydroxyl groups excluding tert-OH is 1. The van der Waals surface area contributed by atoms with Crippen molar-refractivity contribution in [2.45, 2.75) is 299 Å². The molecule has 0 unspecified atom stereocenters. The monoisotopic (exact) mass is 1820 g/mol. The van der Waals surface area contributed by atoms with Crippen molar-refractivity contribution < 1.29 is 131 Å². The molecule has 0 aliphatic rings. The van der Waals surface area contributed by atoms with Crippen molar-refractivity contribution in [3.05, 3.63) is 35.9 Å². The number of hydrogen-bond acceptors (Lipinski definition) is 27. The molecule has 0 radical (unpaired) electrons. The lowest BCUT2D eigenvalue weighted by Gasteiger charge is -2.29. The predicted octanol–water partition coefficient (Wildman–Crippen LogP) is -7.48. The van der Waals surface area contributed by atoms with E-state index in [0.29, 0.717) is 31.2 Å². The van der Waals surface area contributed by atoms with Crippen LogP contribution in [-0.2, 0) is 107 Å². The zero-order valence-electron chi connectivity index (χ0n) is 73.5.